The second-order valence-corrected chi connectivity index (χ2v) is 3.89. The number of H-pyrrole nitrogens is 1. The summed E-state index contributed by atoms with van der Waals surface area (Å²) in [6, 6.07) is 0. The molecule has 1 aliphatic carbocycles. The van der Waals surface area contributed by atoms with Crippen molar-refractivity contribution in [1.82, 2.24) is 10.2 Å². The lowest BCUT2D eigenvalue weighted by molar-refractivity contribution is 0.707. The summed E-state index contributed by atoms with van der Waals surface area (Å²) in [6.45, 7) is 2.66. The Morgan fingerprint density at radius 2 is 2.15 bits per heavy atom. The van der Waals surface area contributed by atoms with E-state index in [1.54, 1.807) is 0 Å². The van der Waals surface area contributed by atoms with Gasteiger partial charge in [0.1, 0.15) is 0 Å². The molecule has 0 amide bonds. The monoisotopic (exact) mass is 179 g/mol. The minimum absolute atomic E-state index is 0.566. The summed E-state index contributed by atoms with van der Waals surface area (Å²) in [6.07, 6.45) is 5.35. The highest BCUT2D eigenvalue weighted by Crippen LogP contribution is 2.36. The molecule has 1 aromatic rings. The van der Waals surface area contributed by atoms with Gasteiger partial charge in [-0.1, -0.05) is 12.8 Å². The largest absolute Gasteiger partial charge is 0.325 e. The van der Waals surface area contributed by atoms with E-state index in [9.17, 15) is 0 Å². The van der Waals surface area contributed by atoms with E-state index < -0.39 is 0 Å². The van der Waals surface area contributed by atoms with Crippen molar-refractivity contribution in [3.63, 3.8) is 0 Å². The van der Waals surface area contributed by atoms with Crippen LogP contribution in [0.5, 0.6) is 0 Å². The van der Waals surface area contributed by atoms with Crippen molar-refractivity contribution in [2.75, 3.05) is 0 Å². The maximum absolute atomic E-state index is 5.65. The van der Waals surface area contributed by atoms with Crippen LogP contribution in [0.1, 0.15) is 48.6 Å². The molecule has 13 heavy (non-hydrogen) atoms. The van der Waals surface area contributed by atoms with Gasteiger partial charge >= 0.3 is 0 Å². The fourth-order valence-electron chi connectivity index (χ4n) is 2.40. The van der Waals surface area contributed by atoms with Crippen LogP contribution in [0, 0.1) is 6.92 Å². The van der Waals surface area contributed by atoms with Gasteiger partial charge in [-0.05, 0) is 25.7 Å². The fraction of sp³-hybridized carbons (Fsp3) is 0.700. The van der Waals surface area contributed by atoms with Crippen molar-refractivity contribution in [2.24, 2.45) is 5.73 Å². The molecule has 0 spiro atoms. The molecule has 0 saturated heterocycles. The van der Waals surface area contributed by atoms with Crippen molar-refractivity contribution in [3.8, 4) is 0 Å². The zero-order valence-corrected chi connectivity index (χ0v) is 8.14. The number of nitrogens with zero attached hydrogens (tertiary/aromatic N) is 1. The number of aryl methyl sites for hydroxylation is 1. The van der Waals surface area contributed by atoms with Crippen LogP contribution in [0.15, 0.2) is 0 Å². The van der Waals surface area contributed by atoms with Crippen molar-refractivity contribution in [3.05, 3.63) is 17.0 Å². The molecule has 1 fully saturated rings. The molecule has 0 unspecified atom stereocenters. The summed E-state index contributed by atoms with van der Waals surface area (Å²) in [5, 5.41) is 7.26. The molecule has 72 valence electrons. The average molecular weight is 179 g/mol. The summed E-state index contributed by atoms with van der Waals surface area (Å²) in [7, 11) is 0. The Bertz CT molecular complexity index is 284. The van der Waals surface area contributed by atoms with Gasteiger partial charge in [0.25, 0.3) is 0 Å². The molecule has 0 bridgehead atoms. The molecule has 0 aromatic carbocycles. The molecule has 3 N–H and O–H groups in total. The van der Waals surface area contributed by atoms with E-state index in [2.05, 4.69) is 17.1 Å². The maximum Gasteiger partial charge on any atom is 0.0795 e. The van der Waals surface area contributed by atoms with Crippen molar-refractivity contribution in [2.45, 2.75) is 45.1 Å². The fourth-order valence-corrected chi connectivity index (χ4v) is 2.40. The van der Waals surface area contributed by atoms with Crippen LogP contribution >= 0.6 is 0 Å². The summed E-state index contributed by atoms with van der Waals surface area (Å²) in [4.78, 5) is 0. The number of nitrogens with two attached hydrogens (primary N) is 1. The highest BCUT2D eigenvalue weighted by Gasteiger charge is 2.22. The smallest absolute Gasteiger partial charge is 0.0795 e. The summed E-state index contributed by atoms with van der Waals surface area (Å²) < 4.78 is 0. The van der Waals surface area contributed by atoms with Crippen LogP contribution in [0.2, 0.25) is 0 Å². The molecule has 3 nitrogen and oxygen atoms in total. The third-order valence-corrected chi connectivity index (χ3v) is 3.03. The third-order valence-electron chi connectivity index (χ3n) is 3.03. The quantitative estimate of drug-likeness (QED) is 0.727. The van der Waals surface area contributed by atoms with Crippen LogP contribution in [0.3, 0.4) is 0 Å². The highest BCUT2D eigenvalue weighted by atomic mass is 15.1. The van der Waals surface area contributed by atoms with Crippen molar-refractivity contribution < 1.29 is 0 Å². The zero-order valence-electron chi connectivity index (χ0n) is 8.14. The molecular weight excluding hydrogens is 162 g/mol. The third kappa shape index (κ3) is 1.48. The number of hydrogen-bond donors (Lipinski definition) is 2. The van der Waals surface area contributed by atoms with Gasteiger partial charge < -0.3 is 5.73 Å². The predicted molar refractivity (Wildman–Crippen MR) is 52.4 cm³/mol. The topological polar surface area (TPSA) is 54.7 Å². The standard InChI is InChI=1S/C10H17N3/c1-7-10(8-4-2-3-5-8)9(6-11)13-12-7/h8H,2-6,11H2,1H3,(H,12,13). The lowest BCUT2D eigenvalue weighted by atomic mass is 9.95. The Kier molecular flexibility index (Phi) is 2.36. The second-order valence-electron chi connectivity index (χ2n) is 3.89. The number of aromatic nitrogens is 2. The van der Waals surface area contributed by atoms with E-state index in [0.717, 1.165) is 11.6 Å². The van der Waals surface area contributed by atoms with Gasteiger partial charge in [0.2, 0.25) is 0 Å². The number of nitrogens with one attached hydrogen (secondary N) is 1. The molecule has 0 radical (unpaired) electrons. The second kappa shape index (κ2) is 3.50. The highest BCUT2D eigenvalue weighted by molar-refractivity contribution is 5.29. The molecule has 1 aliphatic rings. The molecular formula is C10H17N3. The first kappa shape index (κ1) is 8.75. The van der Waals surface area contributed by atoms with Crippen LogP contribution < -0.4 is 5.73 Å². The SMILES string of the molecule is Cc1[nH]nc(CN)c1C1CCCC1. The van der Waals surface area contributed by atoms with Gasteiger partial charge in [-0.15, -0.1) is 0 Å². The lowest BCUT2D eigenvalue weighted by Crippen LogP contribution is -2.03. The van der Waals surface area contributed by atoms with Gasteiger partial charge in [0.05, 0.1) is 5.69 Å². The average Bonchev–Trinajstić information content (AvgIpc) is 2.72. The van der Waals surface area contributed by atoms with E-state index >= 15 is 0 Å². The van der Waals surface area contributed by atoms with Gasteiger partial charge in [-0.3, -0.25) is 5.10 Å². The normalized spacial score (nSPS) is 18.3. The zero-order chi connectivity index (χ0) is 9.26. The van der Waals surface area contributed by atoms with E-state index in [1.165, 1.54) is 36.9 Å². The van der Waals surface area contributed by atoms with Gasteiger partial charge in [-0.25, -0.2) is 0 Å². The molecule has 1 aromatic heterocycles. The molecule has 0 atom stereocenters. The Labute approximate surface area is 78.7 Å². The molecule has 1 heterocycles. The Morgan fingerprint density at radius 1 is 1.46 bits per heavy atom. The van der Waals surface area contributed by atoms with E-state index in [4.69, 9.17) is 5.73 Å². The summed E-state index contributed by atoms with van der Waals surface area (Å²) >= 11 is 0. The summed E-state index contributed by atoms with van der Waals surface area (Å²) in [5.41, 5.74) is 9.34. The summed E-state index contributed by atoms with van der Waals surface area (Å²) in [5.74, 6) is 0.720. The Morgan fingerprint density at radius 3 is 2.77 bits per heavy atom. The first-order chi connectivity index (χ1) is 6.33. The molecule has 1 saturated carbocycles. The number of hydrogen-bond acceptors (Lipinski definition) is 2. The van der Waals surface area contributed by atoms with Crippen LogP contribution in [0.4, 0.5) is 0 Å². The first-order valence-electron chi connectivity index (χ1n) is 5.06. The Balaban J connectivity index is 2.30. The first-order valence-corrected chi connectivity index (χ1v) is 5.06. The lowest BCUT2D eigenvalue weighted by Gasteiger charge is -2.09. The van der Waals surface area contributed by atoms with E-state index in [-0.39, 0.29) is 0 Å². The van der Waals surface area contributed by atoms with Gasteiger partial charge in [-0.2, -0.15) is 5.10 Å². The van der Waals surface area contributed by atoms with Crippen LogP contribution in [0.25, 0.3) is 0 Å². The Hall–Kier alpha value is -0.830. The molecule has 3 heteroatoms. The predicted octanol–water partition coefficient (Wildman–Crippen LogP) is 1.83. The maximum atomic E-state index is 5.65. The van der Waals surface area contributed by atoms with Gasteiger partial charge in [0.15, 0.2) is 0 Å². The molecule has 2 rings (SSSR count). The van der Waals surface area contributed by atoms with Crippen LogP contribution in [-0.2, 0) is 6.54 Å². The number of rotatable bonds is 2. The van der Waals surface area contributed by atoms with Crippen molar-refractivity contribution in [1.29, 1.82) is 0 Å². The minimum Gasteiger partial charge on any atom is -0.325 e. The van der Waals surface area contributed by atoms with E-state index in [1.807, 2.05) is 0 Å². The number of aromatic amines is 1. The molecule has 0 aliphatic heterocycles. The minimum atomic E-state index is 0.566. The van der Waals surface area contributed by atoms with Crippen molar-refractivity contribution >= 4 is 0 Å². The van der Waals surface area contributed by atoms with E-state index in [0.29, 0.717) is 6.54 Å². The van der Waals surface area contributed by atoms with Crippen LogP contribution in [-0.4, -0.2) is 10.2 Å². The van der Waals surface area contributed by atoms with Gasteiger partial charge in [0, 0.05) is 17.8 Å².